The molecule has 0 aliphatic rings. The zero-order chi connectivity index (χ0) is 10.6. The van der Waals surface area contributed by atoms with Crippen LogP contribution in [0.4, 0.5) is 0 Å². The van der Waals surface area contributed by atoms with Gasteiger partial charge in [-0.05, 0) is 19.1 Å². The molecular weight excluding hydrogens is 180 g/mol. The molecule has 0 fully saturated rings. The highest BCUT2D eigenvalue weighted by Gasteiger charge is 2.14. The van der Waals surface area contributed by atoms with E-state index in [4.69, 9.17) is 5.11 Å². The highest BCUT2D eigenvalue weighted by atomic mass is 16.3. The maximum Gasteiger partial charge on any atom is 0.251 e. The number of aromatic nitrogens is 1. The monoisotopic (exact) mass is 194 g/mol. The van der Waals surface area contributed by atoms with Crippen LogP contribution in [0.1, 0.15) is 12.6 Å². The van der Waals surface area contributed by atoms with E-state index in [2.05, 4.69) is 4.98 Å². The molecule has 1 atom stereocenters. The van der Waals surface area contributed by atoms with Gasteiger partial charge in [-0.25, -0.2) is 0 Å². The van der Waals surface area contributed by atoms with E-state index in [1.807, 2.05) is 18.2 Å². The third kappa shape index (κ3) is 2.81. The Morgan fingerprint density at radius 1 is 1.64 bits per heavy atom. The van der Waals surface area contributed by atoms with Crippen molar-refractivity contribution in [2.45, 2.75) is 19.6 Å². The minimum atomic E-state index is -0.955. The fourth-order valence-corrected chi connectivity index (χ4v) is 1.13. The molecule has 0 saturated carbocycles. The smallest absolute Gasteiger partial charge is 0.251 e. The third-order valence-corrected chi connectivity index (χ3v) is 1.86. The Morgan fingerprint density at radius 2 is 2.36 bits per heavy atom. The average Bonchev–Trinajstić information content (AvgIpc) is 2.18. The predicted molar refractivity (Wildman–Crippen MR) is 52.4 cm³/mol. The molecule has 0 spiro atoms. The van der Waals surface area contributed by atoms with Gasteiger partial charge in [0.1, 0.15) is 6.10 Å². The van der Waals surface area contributed by atoms with Crippen molar-refractivity contribution in [3.63, 3.8) is 0 Å². The molecule has 1 heterocycles. The highest BCUT2D eigenvalue weighted by Crippen LogP contribution is 2.00. The van der Waals surface area contributed by atoms with Gasteiger partial charge in [0.15, 0.2) is 0 Å². The molecule has 0 radical (unpaired) electrons. The maximum atomic E-state index is 11.3. The van der Waals surface area contributed by atoms with Gasteiger partial charge in [0.2, 0.25) is 0 Å². The van der Waals surface area contributed by atoms with Crippen molar-refractivity contribution in [2.75, 3.05) is 7.05 Å². The van der Waals surface area contributed by atoms with Crippen LogP contribution in [-0.4, -0.2) is 34.0 Å². The van der Waals surface area contributed by atoms with Gasteiger partial charge < -0.3 is 10.0 Å². The summed E-state index contributed by atoms with van der Waals surface area (Å²) in [5.41, 5.74) is 0.809. The number of likely N-dealkylation sites (N-methyl/N-ethyl adjacent to an activating group) is 1. The largest absolute Gasteiger partial charge is 0.384 e. The van der Waals surface area contributed by atoms with Crippen LogP contribution in [0.15, 0.2) is 24.4 Å². The van der Waals surface area contributed by atoms with Crippen LogP contribution < -0.4 is 0 Å². The number of amides is 1. The van der Waals surface area contributed by atoms with Gasteiger partial charge in [0.25, 0.3) is 5.91 Å². The van der Waals surface area contributed by atoms with Gasteiger partial charge in [0.05, 0.1) is 12.2 Å². The first-order valence-electron chi connectivity index (χ1n) is 4.44. The van der Waals surface area contributed by atoms with Gasteiger partial charge in [-0.1, -0.05) is 6.07 Å². The topological polar surface area (TPSA) is 53.4 Å². The third-order valence-electron chi connectivity index (χ3n) is 1.86. The van der Waals surface area contributed by atoms with Crippen LogP contribution >= 0.6 is 0 Å². The van der Waals surface area contributed by atoms with Crippen LogP contribution in [0.2, 0.25) is 0 Å². The number of aliphatic hydroxyl groups excluding tert-OH is 1. The summed E-state index contributed by atoms with van der Waals surface area (Å²) in [4.78, 5) is 16.8. The van der Waals surface area contributed by atoms with E-state index in [0.29, 0.717) is 6.54 Å². The first-order valence-corrected chi connectivity index (χ1v) is 4.44. The molecule has 1 rings (SSSR count). The van der Waals surface area contributed by atoms with Crippen molar-refractivity contribution in [3.05, 3.63) is 30.1 Å². The summed E-state index contributed by atoms with van der Waals surface area (Å²) in [6, 6.07) is 5.52. The SMILES string of the molecule is CC(O)C(=O)N(C)Cc1ccccn1. The van der Waals surface area contributed by atoms with Crippen molar-refractivity contribution >= 4 is 5.91 Å². The molecule has 0 aliphatic carbocycles. The maximum absolute atomic E-state index is 11.3. The summed E-state index contributed by atoms with van der Waals surface area (Å²) < 4.78 is 0. The Labute approximate surface area is 83.2 Å². The lowest BCUT2D eigenvalue weighted by atomic mass is 10.3. The summed E-state index contributed by atoms with van der Waals surface area (Å²) in [7, 11) is 1.64. The number of carbonyl (C=O) groups excluding carboxylic acids is 1. The second-order valence-electron chi connectivity index (χ2n) is 3.19. The van der Waals surface area contributed by atoms with Crippen molar-refractivity contribution in [2.24, 2.45) is 0 Å². The molecule has 1 aromatic heterocycles. The molecule has 14 heavy (non-hydrogen) atoms. The van der Waals surface area contributed by atoms with Crippen molar-refractivity contribution in [1.29, 1.82) is 0 Å². The van der Waals surface area contributed by atoms with Crippen LogP contribution in [0, 0.1) is 0 Å². The number of carbonyl (C=O) groups is 1. The van der Waals surface area contributed by atoms with Gasteiger partial charge >= 0.3 is 0 Å². The number of hydrogen-bond donors (Lipinski definition) is 1. The fraction of sp³-hybridized carbons (Fsp3) is 0.400. The lowest BCUT2D eigenvalue weighted by Gasteiger charge is -2.17. The summed E-state index contributed by atoms with van der Waals surface area (Å²) >= 11 is 0. The molecule has 1 unspecified atom stereocenters. The standard InChI is InChI=1S/C10H14N2O2/c1-8(13)10(14)12(2)7-9-5-3-4-6-11-9/h3-6,8,13H,7H2,1-2H3. The summed E-state index contributed by atoms with van der Waals surface area (Å²) in [6.45, 7) is 1.88. The summed E-state index contributed by atoms with van der Waals surface area (Å²) in [5, 5.41) is 9.06. The van der Waals surface area contributed by atoms with Crippen LogP contribution in [0.25, 0.3) is 0 Å². The normalized spacial score (nSPS) is 12.2. The lowest BCUT2D eigenvalue weighted by Crippen LogP contribution is -2.34. The van der Waals surface area contributed by atoms with E-state index >= 15 is 0 Å². The van der Waals surface area contributed by atoms with E-state index in [0.717, 1.165) is 5.69 Å². The Hall–Kier alpha value is -1.42. The molecule has 1 amide bonds. The molecule has 4 heteroatoms. The number of pyridine rings is 1. The Bertz CT molecular complexity index is 298. The predicted octanol–water partition coefficient (Wildman–Crippen LogP) is 0.421. The van der Waals surface area contributed by atoms with Gasteiger partial charge in [-0.15, -0.1) is 0 Å². The first kappa shape index (κ1) is 10.7. The molecule has 1 aromatic rings. The van der Waals surface area contributed by atoms with Gasteiger partial charge in [0, 0.05) is 13.2 Å². The van der Waals surface area contributed by atoms with Crippen LogP contribution in [-0.2, 0) is 11.3 Å². The van der Waals surface area contributed by atoms with Crippen molar-refractivity contribution in [3.8, 4) is 0 Å². The minimum Gasteiger partial charge on any atom is -0.384 e. The zero-order valence-electron chi connectivity index (χ0n) is 8.34. The fourth-order valence-electron chi connectivity index (χ4n) is 1.13. The molecule has 76 valence electrons. The second kappa shape index (κ2) is 4.72. The first-order chi connectivity index (χ1) is 6.61. The van der Waals surface area contributed by atoms with Crippen LogP contribution in [0.5, 0.6) is 0 Å². The second-order valence-corrected chi connectivity index (χ2v) is 3.19. The molecular formula is C10H14N2O2. The molecule has 0 aliphatic heterocycles. The quantitative estimate of drug-likeness (QED) is 0.758. The number of nitrogens with zero attached hydrogens (tertiary/aromatic N) is 2. The Morgan fingerprint density at radius 3 is 2.86 bits per heavy atom. The average molecular weight is 194 g/mol. The van der Waals surface area contributed by atoms with Gasteiger partial charge in [-0.3, -0.25) is 9.78 Å². The van der Waals surface area contributed by atoms with E-state index in [1.165, 1.54) is 11.8 Å². The van der Waals surface area contributed by atoms with Crippen molar-refractivity contribution < 1.29 is 9.90 Å². The van der Waals surface area contributed by atoms with E-state index < -0.39 is 6.10 Å². The number of rotatable bonds is 3. The molecule has 4 nitrogen and oxygen atoms in total. The van der Waals surface area contributed by atoms with E-state index in [-0.39, 0.29) is 5.91 Å². The van der Waals surface area contributed by atoms with E-state index in [1.54, 1.807) is 13.2 Å². The highest BCUT2D eigenvalue weighted by molar-refractivity contribution is 5.79. The Kier molecular flexibility index (Phi) is 3.59. The minimum absolute atomic E-state index is 0.296. The molecule has 0 saturated heterocycles. The van der Waals surface area contributed by atoms with Crippen molar-refractivity contribution in [1.82, 2.24) is 9.88 Å². The van der Waals surface area contributed by atoms with E-state index in [9.17, 15) is 4.79 Å². The number of hydrogen-bond acceptors (Lipinski definition) is 3. The zero-order valence-corrected chi connectivity index (χ0v) is 8.34. The molecule has 0 bridgehead atoms. The summed E-state index contributed by atoms with van der Waals surface area (Å²) in [6.07, 6.45) is 0.722. The number of aliphatic hydroxyl groups is 1. The molecule has 1 N–H and O–H groups in total. The summed E-state index contributed by atoms with van der Waals surface area (Å²) in [5.74, 6) is -0.296. The van der Waals surface area contributed by atoms with Crippen LogP contribution in [0.3, 0.4) is 0 Å². The van der Waals surface area contributed by atoms with Gasteiger partial charge in [-0.2, -0.15) is 0 Å². The molecule has 0 aromatic carbocycles. The lowest BCUT2D eigenvalue weighted by molar-refractivity contribution is -0.138. The Balaban J connectivity index is 2.57.